The first kappa shape index (κ1) is 17.1. The number of aromatic amines is 1. The molecule has 0 bridgehead atoms. The van der Waals surface area contributed by atoms with Crippen molar-refractivity contribution in [3.05, 3.63) is 76.1 Å². The van der Waals surface area contributed by atoms with Gasteiger partial charge in [0.05, 0.1) is 6.42 Å². The maximum Gasteiger partial charge on any atom is 0.232 e. The van der Waals surface area contributed by atoms with Crippen LogP contribution in [0.3, 0.4) is 0 Å². The minimum absolute atomic E-state index is 0.00656. The highest BCUT2D eigenvalue weighted by molar-refractivity contribution is 6.30. The van der Waals surface area contributed by atoms with Crippen molar-refractivity contribution in [3.8, 4) is 0 Å². The average Bonchev–Trinajstić information content (AvgIpc) is 3.00. The summed E-state index contributed by atoms with van der Waals surface area (Å²) >= 11 is 5.86. The van der Waals surface area contributed by atoms with Crippen molar-refractivity contribution >= 4 is 23.2 Å². The van der Waals surface area contributed by atoms with Crippen LogP contribution in [0.1, 0.15) is 22.8 Å². The second-order valence-corrected chi connectivity index (χ2v) is 6.13. The Morgan fingerprint density at radius 2 is 2.00 bits per heavy atom. The molecule has 3 aromatic rings. The van der Waals surface area contributed by atoms with Gasteiger partial charge >= 0.3 is 0 Å². The summed E-state index contributed by atoms with van der Waals surface area (Å²) in [5, 5.41) is 10.2. The number of hydrogen-bond donors (Lipinski definition) is 2. The Bertz CT molecular complexity index is 892. The Balaban J connectivity index is 1.59. The molecule has 5 nitrogen and oxygen atoms in total. The molecule has 1 heterocycles. The number of amides is 1. The monoisotopic (exact) mass is 358 g/mol. The highest BCUT2D eigenvalue weighted by atomic mass is 35.5. The van der Waals surface area contributed by atoms with E-state index in [1.165, 1.54) is 6.07 Å². The van der Waals surface area contributed by atoms with E-state index in [2.05, 4.69) is 20.5 Å². The van der Waals surface area contributed by atoms with Crippen LogP contribution in [-0.4, -0.2) is 21.1 Å². The van der Waals surface area contributed by atoms with Crippen LogP contribution in [0.2, 0.25) is 5.02 Å². The number of rotatable bonds is 5. The van der Waals surface area contributed by atoms with Gasteiger partial charge in [-0.15, -0.1) is 0 Å². The molecular formula is C18H16ClFN4O. The molecular weight excluding hydrogens is 343 g/mol. The van der Waals surface area contributed by atoms with Crippen molar-refractivity contribution in [3.63, 3.8) is 0 Å². The molecule has 2 N–H and O–H groups in total. The molecule has 0 saturated carbocycles. The quantitative estimate of drug-likeness (QED) is 0.731. The molecule has 0 saturated heterocycles. The molecule has 25 heavy (non-hydrogen) atoms. The highest BCUT2D eigenvalue weighted by Crippen LogP contribution is 2.14. The second kappa shape index (κ2) is 7.44. The standard InChI is InChI=1S/C18H16ClFN4O/c1-11-2-7-14(9-15(11)20)21-18(25)10-17-22-16(23-24-17)8-12-3-5-13(19)6-4-12/h2-7,9H,8,10H2,1H3,(H,21,25)(H,22,23,24). The van der Waals surface area contributed by atoms with E-state index in [4.69, 9.17) is 11.6 Å². The van der Waals surface area contributed by atoms with Crippen LogP contribution >= 0.6 is 11.6 Å². The summed E-state index contributed by atoms with van der Waals surface area (Å²) in [7, 11) is 0. The molecule has 0 radical (unpaired) electrons. The number of nitrogens with zero attached hydrogens (tertiary/aromatic N) is 2. The predicted molar refractivity (Wildman–Crippen MR) is 94.1 cm³/mol. The lowest BCUT2D eigenvalue weighted by Crippen LogP contribution is -2.15. The van der Waals surface area contributed by atoms with Crippen molar-refractivity contribution in [2.24, 2.45) is 0 Å². The van der Waals surface area contributed by atoms with Crippen LogP contribution in [0, 0.1) is 12.7 Å². The lowest BCUT2D eigenvalue weighted by molar-refractivity contribution is -0.115. The lowest BCUT2D eigenvalue weighted by Gasteiger charge is -2.04. The van der Waals surface area contributed by atoms with Gasteiger partial charge in [0.25, 0.3) is 0 Å². The largest absolute Gasteiger partial charge is 0.326 e. The Morgan fingerprint density at radius 1 is 1.24 bits per heavy atom. The van der Waals surface area contributed by atoms with Crippen molar-refractivity contribution in [2.75, 3.05) is 5.32 Å². The zero-order valence-electron chi connectivity index (χ0n) is 13.5. The lowest BCUT2D eigenvalue weighted by atomic mass is 10.1. The fraction of sp³-hybridized carbons (Fsp3) is 0.167. The Kier molecular flexibility index (Phi) is 5.09. The van der Waals surface area contributed by atoms with Crippen LogP contribution < -0.4 is 5.32 Å². The van der Waals surface area contributed by atoms with Crippen molar-refractivity contribution in [1.29, 1.82) is 0 Å². The van der Waals surface area contributed by atoms with Gasteiger partial charge in [-0.3, -0.25) is 9.89 Å². The van der Waals surface area contributed by atoms with Gasteiger partial charge in [0, 0.05) is 17.1 Å². The molecule has 0 unspecified atom stereocenters. The Hall–Kier alpha value is -2.73. The molecule has 0 aliphatic rings. The third-order valence-electron chi connectivity index (χ3n) is 3.64. The fourth-order valence-corrected chi connectivity index (χ4v) is 2.43. The molecule has 0 fully saturated rings. The number of halogens is 2. The molecule has 0 atom stereocenters. The van der Waals surface area contributed by atoms with Crippen LogP contribution in [0.25, 0.3) is 0 Å². The zero-order chi connectivity index (χ0) is 17.8. The summed E-state index contributed by atoms with van der Waals surface area (Å²) in [6, 6.07) is 12.0. The fourth-order valence-electron chi connectivity index (χ4n) is 2.31. The number of aromatic nitrogens is 3. The Labute approximate surface area is 149 Å². The van der Waals surface area contributed by atoms with Gasteiger partial charge in [0.1, 0.15) is 11.6 Å². The molecule has 7 heteroatoms. The molecule has 0 aliphatic carbocycles. The molecule has 1 aromatic heterocycles. The predicted octanol–water partition coefficient (Wildman–Crippen LogP) is 3.68. The topological polar surface area (TPSA) is 70.7 Å². The third kappa shape index (κ3) is 4.64. The molecule has 0 spiro atoms. The van der Waals surface area contributed by atoms with E-state index in [1.807, 2.05) is 24.3 Å². The van der Waals surface area contributed by atoms with Crippen molar-refractivity contribution in [2.45, 2.75) is 19.8 Å². The third-order valence-corrected chi connectivity index (χ3v) is 3.89. The minimum atomic E-state index is -0.360. The van der Waals surface area contributed by atoms with E-state index in [1.54, 1.807) is 19.1 Å². The smallest absolute Gasteiger partial charge is 0.232 e. The summed E-state index contributed by atoms with van der Waals surface area (Å²) in [6.07, 6.45) is 0.571. The number of anilines is 1. The van der Waals surface area contributed by atoms with Crippen LogP contribution in [0.4, 0.5) is 10.1 Å². The summed E-state index contributed by atoms with van der Waals surface area (Å²) in [6.45, 7) is 1.66. The highest BCUT2D eigenvalue weighted by Gasteiger charge is 2.10. The summed E-state index contributed by atoms with van der Waals surface area (Å²) in [4.78, 5) is 16.3. The number of carbonyl (C=O) groups excluding carboxylic acids is 1. The summed E-state index contributed by atoms with van der Waals surface area (Å²) < 4.78 is 13.5. The van der Waals surface area contributed by atoms with Crippen molar-refractivity contribution < 1.29 is 9.18 Å². The zero-order valence-corrected chi connectivity index (χ0v) is 14.3. The maximum atomic E-state index is 13.5. The van der Waals surface area contributed by atoms with Crippen LogP contribution in [0.15, 0.2) is 42.5 Å². The van der Waals surface area contributed by atoms with Gasteiger partial charge in [0.2, 0.25) is 5.91 Å². The van der Waals surface area contributed by atoms with E-state index in [-0.39, 0.29) is 18.1 Å². The van der Waals surface area contributed by atoms with Gasteiger partial charge in [-0.1, -0.05) is 29.8 Å². The summed E-state index contributed by atoms with van der Waals surface area (Å²) in [5.74, 6) is 0.377. The van der Waals surface area contributed by atoms with Gasteiger partial charge in [-0.25, -0.2) is 9.37 Å². The number of carbonyl (C=O) groups is 1. The van der Waals surface area contributed by atoms with E-state index >= 15 is 0 Å². The molecule has 1 amide bonds. The maximum absolute atomic E-state index is 13.5. The van der Waals surface area contributed by atoms with Gasteiger partial charge < -0.3 is 5.32 Å². The summed E-state index contributed by atoms with van der Waals surface area (Å²) in [5.41, 5.74) is 1.97. The normalized spacial score (nSPS) is 10.7. The van der Waals surface area contributed by atoms with Crippen LogP contribution in [0.5, 0.6) is 0 Å². The number of hydrogen-bond acceptors (Lipinski definition) is 3. The van der Waals surface area contributed by atoms with Gasteiger partial charge in [0.15, 0.2) is 5.82 Å². The molecule has 2 aromatic carbocycles. The van der Waals surface area contributed by atoms with E-state index in [0.29, 0.717) is 34.3 Å². The number of H-pyrrole nitrogens is 1. The molecule has 128 valence electrons. The molecule has 3 rings (SSSR count). The van der Waals surface area contributed by atoms with Crippen molar-refractivity contribution in [1.82, 2.24) is 15.2 Å². The molecule has 0 aliphatic heterocycles. The van der Waals surface area contributed by atoms with E-state index in [9.17, 15) is 9.18 Å². The second-order valence-electron chi connectivity index (χ2n) is 5.69. The SMILES string of the molecule is Cc1ccc(NC(=O)Cc2n[nH]c(Cc3ccc(Cl)cc3)n2)cc1F. The number of aryl methyl sites for hydroxylation is 1. The van der Waals surface area contributed by atoms with E-state index < -0.39 is 0 Å². The van der Waals surface area contributed by atoms with Gasteiger partial charge in [-0.05, 0) is 42.3 Å². The first-order valence-corrected chi connectivity index (χ1v) is 8.08. The first-order chi connectivity index (χ1) is 12.0. The number of nitrogens with one attached hydrogen (secondary N) is 2. The average molecular weight is 359 g/mol. The first-order valence-electron chi connectivity index (χ1n) is 7.70. The van der Waals surface area contributed by atoms with E-state index in [0.717, 1.165) is 5.56 Å². The Morgan fingerprint density at radius 3 is 2.72 bits per heavy atom. The minimum Gasteiger partial charge on any atom is -0.326 e. The van der Waals surface area contributed by atoms with Crippen LogP contribution in [-0.2, 0) is 17.6 Å². The number of benzene rings is 2. The van der Waals surface area contributed by atoms with Gasteiger partial charge in [-0.2, -0.15) is 5.10 Å².